The second kappa shape index (κ2) is 5.77. The van der Waals surface area contributed by atoms with Crippen molar-refractivity contribution in [3.63, 3.8) is 0 Å². The highest BCUT2D eigenvalue weighted by Crippen LogP contribution is 2.08. The van der Waals surface area contributed by atoms with E-state index >= 15 is 0 Å². The van der Waals surface area contributed by atoms with Gasteiger partial charge in [-0.25, -0.2) is 0 Å². The summed E-state index contributed by atoms with van der Waals surface area (Å²) in [6.07, 6.45) is 1.59. The van der Waals surface area contributed by atoms with Gasteiger partial charge in [-0.3, -0.25) is 4.79 Å². The Bertz CT molecular complexity index is 330. The summed E-state index contributed by atoms with van der Waals surface area (Å²) in [4.78, 5) is 11.7. The van der Waals surface area contributed by atoms with Gasteiger partial charge in [0.15, 0.2) is 5.78 Å². The van der Waals surface area contributed by atoms with Crippen molar-refractivity contribution in [3.05, 3.63) is 35.9 Å². The first-order valence-electron chi connectivity index (χ1n) is 5.64. The Balaban J connectivity index is 1.64. The minimum absolute atomic E-state index is 0.189. The first kappa shape index (κ1) is 11.3. The van der Waals surface area contributed by atoms with Crippen LogP contribution in [0.25, 0.3) is 0 Å². The van der Waals surface area contributed by atoms with Crippen LogP contribution in [0.4, 0.5) is 0 Å². The zero-order chi connectivity index (χ0) is 11.2. The third-order valence-electron chi connectivity index (χ3n) is 2.60. The molecule has 0 N–H and O–H groups in total. The smallest absolute Gasteiger partial charge is 0.162 e. The van der Waals surface area contributed by atoms with Gasteiger partial charge < -0.3 is 9.47 Å². The van der Waals surface area contributed by atoms with Crippen LogP contribution in [0.15, 0.2) is 30.3 Å². The van der Waals surface area contributed by atoms with Crippen molar-refractivity contribution in [1.82, 2.24) is 0 Å². The predicted octanol–water partition coefficient (Wildman–Crippen LogP) is 2.06. The molecule has 1 fully saturated rings. The molecule has 16 heavy (non-hydrogen) atoms. The molecule has 0 aliphatic carbocycles. The van der Waals surface area contributed by atoms with Crippen LogP contribution in [0.5, 0.6) is 0 Å². The van der Waals surface area contributed by atoms with E-state index in [2.05, 4.69) is 0 Å². The Labute approximate surface area is 95.4 Å². The quantitative estimate of drug-likeness (QED) is 0.544. The SMILES string of the molecule is O=C(CCCOC1COC1)c1ccccc1. The van der Waals surface area contributed by atoms with Gasteiger partial charge in [0.2, 0.25) is 0 Å². The van der Waals surface area contributed by atoms with Crippen LogP contribution in [-0.4, -0.2) is 31.7 Å². The van der Waals surface area contributed by atoms with Gasteiger partial charge in [-0.1, -0.05) is 30.3 Å². The van der Waals surface area contributed by atoms with Crippen molar-refractivity contribution in [3.8, 4) is 0 Å². The summed E-state index contributed by atoms with van der Waals surface area (Å²) in [5.41, 5.74) is 0.787. The van der Waals surface area contributed by atoms with Crippen molar-refractivity contribution in [1.29, 1.82) is 0 Å². The van der Waals surface area contributed by atoms with Crippen LogP contribution in [0, 0.1) is 0 Å². The molecule has 0 saturated carbocycles. The van der Waals surface area contributed by atoms with Crippen LogP contribution < -0.4 is 0 Å². The molecule has 3 heteroatoms. The molecule has 0 atom stereocenters. The third kappa shape index (κ3) is 3.15. The standard InChI is InChI=1S/C13H16O3/c14-13(11-5-2-1-3-6-11)7-4-8-16-12-9-15-10-12/h1-3,5-6,12H,4,7-10H2. The van der Waals surface area contributed by atoms with Gasteiger partial charge in [0.25, 0.3) is 0 Å². The zero-order valence-corrected chi connectivity index (χ0v) is 9.22. The lowest BCUT2D eigenvalue weighted by molar-refractivity contribution is -0.129. The molecule has 0 aromatic heterocycles. The van der Waals surface area contributed by atoms with Gasteiger partial charge in [-0.05, 0) is 6.42 Å². The average Bonchev–Trinajstić information content (AvgIpc) is 2.27. The first-order valence-corrected chi connectivity index (χ1v) is 5.64. The van der Waals surface area contributed by atoms with E-state index in [1.165, 1.54) is 0 Å². The van der Waals surface area contributed by atoms with Gasteiger partial charge in [0.1, 0.15) is 6.10 Å². The molecular weight excluding hydrogens is 204 g/mol. The number of carbonyl (C=O) groups excluding carboxylic acids is 1. The summed E-state index contributed by atoms with van der Waals surface area (Å²) >= 11 is 0. The molecule has 1 heterocycles. The highest BCUT2D eigenvalue weighted by atomic mass is 16.6. The molecule has 0 amide bonds. The van der Waals surface area contributed by atoms with E-state index in [1.54, 1.807) is 0 Å². The number of ether oxygens (including phenoxy) is 2. The van der Waals surface area contributed by atoms with Crippen molar-refractivity contribution in [2.45, 2.75) is 18.9 Å². The molecule has 0 bridgehead atoms. The minimum Gasteiger partial charge on any atom is -0.376 e. The number of Topliss-reactive ketones (excluding diaryl/α,β-unsaturated/α-hetero) is 1. The van der Waals surface area contributed by atoms with Crippen LogP contribution >= 0.6 is 0 Å². The van der Waals surface area contributed by atoms with Gasteiger partial charge >= 0.3 is 0 Å². The summed E-state index contributed by atoms with van der Waals surface area (Å²) in [6.45, 7) is 2.05. The fourth-order valence-corrected chi connectivity index (χ4v) is 1.56. The molecule has 1 saturated heterocycles. The Morgan fingerprint density at radius 3 is 2.69 bits per heavy atom. The maximum Gasteiger partial charge on any atom is 0.162 e. The zero-order valence-electron chi connectivity index (χ0n) is 9.22. The highest BCUT2D eigenvalue weighted by molar-refractivity contribution is 5.95. The Morgan fingerprint density at radius 2 is 2.06 bits per heavy atom. The van der Waals surface area contributed by atoms with Crippen molar-refractivity contribution in [2.24, 2.45) is 0 Å². The van der Waals surface area contributed by atoms with E-state index in [-0.39, 0.29) is 11.9 Å². The fourth-order valence-electron chi connectivity index (χ4n) is 1.56. The number of hydrogen-bond donors (Lipinski definition) is 0. The van der Waals surface area contributed by atoms with Gasteiger partial charge in [0.05, 0.1) is 13.2 Å². The lowest BCUT2D eigenvalue weighted by Crippen LogP contribution is -2.36. The van der Waals surface area contributed by atoms with Crippen molar-refractivity contribution in [2.75, 3.05) is 19.8 Å². The second-order valence-corrected chi connectivity index (χ2v) is 3.92. The normalized spacial score (nSPS) is 15.8. The summed E-state index contributed by atoms with van der Waals surface area (Å²) < 4.78 is 10.5. The lowest BCUT2D eigenvalue weighted by Gasteiger charge is -2.25. The Hall–Kier alpha value is -1.19. The van der Waals surface area contributed by atoms with Crippen molar-refractivity contribution >= 4 is 5.78 Å². The highest BCUT2D eigenvalue weighted by Gasteiger charge is 2.18. The molecule has 0 unspecified atom stereocenters. The summed E-state index contributed by atoms with van der Waals surface area (Å²) in [5, 5.41) is 0. The predicted molar refractivity (Wildman–Crippen MR) is 60.6 cm³/mol. The largest absolute Gasteiger partial charge is 0.376 e. The van der Waals surface area contributed by atoms with E-state index in [0.717, 1.165) is 12.0 Å². The summed E-state index contributed by atoms with van der Waals surface area (Å²) in [5.74, 6) is 0.189. The number of rotatable bonds is 6. The van der Waals surface area contributed by atoms with Crippen LogP contribution in [0.3, 0.4) is 0 Å². The molecule has 1 aromatic rings. The van der Waals surface area contributed by atoms with Crippen LogP contribution in [0.1, 0.15) is 23.2 Å². The van der Waals surface area contributed by atoms with Crippen molar-refractivity contribution < 1.29 is 14.3 Å². The van der Waals surface area contributed by atoms with Crippen LogP contribution in [0.2, 0.25) is 0 Å². The van der Waals surface area contributed by atoms with E-state index in [9.17, 15) is 4.79 Å². The molecular formula is C13H16O3. The van der Waals surface area contributed by atoms with Gasteiger partial charge in [-0.2, -0.15) is 0 Å². The maximum atomic E-state index is 11.7. The van der Waals surface area contributed by atoms with E-state index in [1.807, 2.05) is 30.3 Å². The fraction of sp³-hybridized carbons (Fsp3) is 0.462. The minimum atomic E-state index is 0.189. The van der Waals surface area contributed by atoms with Gasteiger partial charge in [-0.15, -0.1) is 0 Å². The third-order valence-corrected chi connectivity index (χ3v) is 2.60. The maximum absolute atomic E-state index is 11.7. The summed E-state index contributed by atoms with van der Waals surface area (Å²) in [6, 6.07) is 9.38. The Morgan fingerprint density at radius 1 is 1.31 bits per heavy atom. The molecule has 1 aliphatic rings. The molecule has 0 radical (unpaired) electrons. The Kier molecular flexibility index (Phi) is 4.08. The van der Waals surface area contributed by atoms with Crippen LogP contribution in [-0.2, 0) is 9.47 Å². The number of benzene rings is 1. The molecule has 86 valence electrons. The van der Waals surface area contributed by atoms with E-state index in [0.29, 0.717) is 26.2 Å². The molecule has 3 nitrogen and oxygen atoms in total. The van der Waals surface area contributed by atoms with E-state index < -0.39 is 0 Å². The number of carbonyl (C=O) groups is 1. The summed E-state index contributed by atoms with van der Waals surface area (Å²) in [7, 11) is 0. The lowest BCUT2D eigenvalue weighted by atomic mass is 10.1. The second-order valence-electron chi connectivity index (χ2n) is 3.92. The molecule has 1 aliphatic heterocycles. The average molecular weight is 220 g/mol. The first-order chi connectivity index (χ1) is 7.86. The molecule has 1 aromatic carbocycles. The topological polar surface area (TPSA) is 35.5 Å². The van der Waals surface area contributed by atoms with Gasteiger partial charge in [0, 0.05) is 18.6 Å². The molecule has 2 rings (SSSR count). The monoisotopic (exact) mass is 220 g/mol. The molecule has 0 spiro atoms. The van der Waals surface area contributed by atoms with E-state index in [4.69, 9.17) is 9.47 Å². The number of ketones is 1. The number of hydrogen-bond acceptors (Lipinski definition) is 3.